The highest BCUT2D eigenvalue weighted by Gasteiger charge is 2.35. The van der Waals surface area contributed by atoms with Crippen molar-refractivity contribution < 1.29 is 9.47 Å². The second-order valence-electron chi connectivity index (χ2n) is 9.40. The fraction of sp³-hybridized carbons (Fsp3) is 0.478. The van der Waals surface area contributed by atoms with Gasteiger partial charge in [0.2, 0.25) is 0 Å². The highest BCUT2D eigenvalue weighted by Crippen LogP contribution is 2.42. The molecule has 0 aliphatic carbocycles. The Labute approximate surface area is 212 Å². The van der Waals surface area contributed by atoms with E-state index in [4.69, 9.17) is 9.47 Å². The average Bonchev–Trinajstić information content (AvgIpc) is 3.59. The Morgan fingerprint density at radius 3 is 2.09 bits per heavy atom. The van der Waals surface area contributed by atoms with Crippen LogP contribution in [-0.4, -0.2) is 44.0 Å². The number of nitrogens with zero attached hydrogens (tertiary/aromatic N) is 5. The van der Waals surface area contributed by atoms with E-state index in [-0.39, 0.29) is 11.2 Å². The van der Waals surface area contributed by atoms with Crippen LogP contribution in [0.3, 0.4) is 0 Å². The summed E-state index contributed by atoms with van der Waals surface area (Å²) in [5.74, 6) is 0. The van der Waals surface area contributed by atoms with Crippen LogP contribution in [-0.2, 0) is 40.9 Å². The van der Waals surface area contributed by atoms with E-state index < -0.39 is 0 Å². The van der Waals surface area contributed by atoms with Gasteiger partial charge in [-0.15, -0.1) is 0 Å². The van der Waals surface area contributed by atoms with Crippen LogP contribution in [0.5, 0.6) is 0 Å². The molecule has 10 nitrogen and oxygen atoms in total. The van der Waals surface area contributed by atoms with Crippen molar-refractivity contribution in [3.63, 3.8) is 0 Å². The predicted octanol–water partition coefficient (Wildman–Crippen LogP) is 4.69. The molecule has 0 atom stereocenters. The molecule has 0 saturated carbocycles. The predicted molar refractivity (Wildman–Crippen MR) is 139 cm³/mol. The molecule has 0 amide bonds. The summed E-state index contributed by atoms with van der Waals surface area (Å²) in [6.45, 7) is 9.35. The second kappa shape index (κ2) is 8.70. The third-order valence-corrected chi connectivity index (χ3v) is 8.19. The van der Waals surface area contributed by atoms with Gasteiger partial charge in [-0.2, -0.15) is 10.2 Å². The van der Waals surface area contributed by atoms with Gasteiger partial charge in [-0.05, 0) is 27.7 Å². The summed E-state index contributed by atoms with van der Waals surface area (Å²) < 4.78 is 13.7. The summed E-state index contributed by atoms with van der Waals surface area (Å²) >= 11 is 3.27. The van der Waals surface area contributed by atoms with Gasteiger partial charge in [0.05, 0.1) is 46.2 Å². The number of hydrogen-bond donors (Lipinski definition) is 3. The summed E-state index contributed by atoms with van der Waals surface area (Å²) in [7, 11) is 5.68. The molecule has 4 aromatic rings. The minimum absolute atomic E-state index is 0.355. The first-order chi connectivity index (χ1) is 16.6. The van der Waals surface area contributed by atoms with Crippen LogP contribution in [0.4, 0.5) is 10.3 Å². The molecular weight excluding hydrogens is 484 g/mol. The molecule has 0 unspecified atom stereocenters. The zero-order valence-electron chi connectivity index (χ0n) is 20.9. The van der Waals surface area contributed by atoms with Crippen LogP contribution < -0.4 is 10.6 Å². The molecule has 2 aliphatic heterocycles. The van der Waals surface area contributed by atoms with Crippen molar-refractivity contribution in [2.45, 2.75) is 52.1 Å². The quantitative estimate of drug-likeness (QED) is 0.353. The molecule has 4 aromatic heterocycles. The minimum Gasteiger partial charge on any atom is -0.365 e. The largest absolute Gasteiger partial charge is 0.365 e. The number of aryl methyl sites for hydroxylation is 1. The number of thiazole rings is 2. The van der Waals surface area contributed by atoms with Crippen LogP contribution in [0.15, 0.2) is 12.4 Å². The number of rotatable bonds is 2. The first kappa shape index (κ1) is 23.9. The van der Waals surface area contributed by atoms with E-state index in [1.165, 1.54) is 0 Å². The van der Waals surface area contributed by atoms with Gasteiger partial charge in [0.15, 0.2) is 10.3 Å². The zero-order valence-corrected chi connectivity index (χ0v) is 22.6. The number of ether oxygens (including phenoxy) is 2. The SMILES string of the molecule is CNc1nc2c(s1)COC(C)(C)c1[nH]ncc1-2.CNc1nc2c(s1)COC(C)(C)c1nn(C)cc1-2. The summed E-state index contributed by atoms with van der Waals surface area (Å²) in [5.41, 5.74) is 5.31. The van der Waals surface area contributed by atoms with Crippen molar-refractivity contribution in [1.29, 1.82) is 0 Å². The number of nitrogens with one attached hydrogen (secondary N) is 3. The molecule has 0 radical (unpaired) electrons. The van der Waals surface area contributed by atoms with Crippen molar-refractivity contribution in [3.8, 4) is 22.5 Å². The summed E-state index contributed by atoms with van der Waals surface area (Å²) in [6, 6.07) is 0. The van der Waals surface area contributed by atoms with Gasteiger partial charge >= 0.3 is 0 Å². The summed E-state index contributed by atoms with van der Waals surface area (Å²) in [6.07, 6.45) is 3.84. The standard InChI is InChI=1S/C12H16N4OS.C11H14N4OS/c1-12(2)10-7(5-16(4)15-10)9-8(6-17-12)18-11(13-3)14-9;1-11(2)9-6(4-13-15-9)8-7(5-16-11)17-10(12-3)14-8/h5H,6H2,1-4H3,(H,13,14);4H,5H2,1-3H3,(H,12,14)(H,13,15). The van der Waals surface area contributed by atoms with Crippen molar-refractivity contribution >= 4 is 32.9 Å². The van der Waals surface area contributed by atoms with Crippen molar-refractivity contribution in [1.82, 2.24) is 29.9 Å². The summed E-state index contributed by atoms with van der Waals surface area (Å²) in [5, 5.41) is 19.7. The van der Waals surface area contributed by atoms with E-state index in [2.05, 4.69) is 35.9 Å². The molecule has 2 aliphatic rings. The lowest BCUT2D eigenvalue weighted by Crippen LogP contribution is -2.21. The van der Waals surface area contributed by atoms with Crippen LogP contribution >= 0.6 is 22.7 Å². The van der Waals surface area contributed by atoms with Gasteiger partial charge < -0.3 is 20.1 Å². The summed E-state index contributed by atoms with van der Waals surface area (Å²) in [4.78, 5) is 11.5. The first-order valence-corrected chi connectivity index (χ1v) is 13.0. The Hall–Kier alpha value is -2.80. The maximum absolute atomic E-state index is 5.98. The number of H-pyrrole nitrogens is 1. The Kier molecular flexibility index (Phi) is 5.94. The molecule has 6 heterocycles. The lowest BCUT2D eigenvalue weighted by atomic mass is 10.0. The van der Waals surface area contributed by atoms with Crippen LogP contribution in [0.25, 0.3) is 22.5 Å². The molecule has 186 valence electrons. The Morgan fingerprint density at radius 1 is 0.914 bits per heavy atom. The number of fused-ring (bicyclic) bond motifs is 6. The topological polar surface area (TPSA) is 115 Å². The van der Waals surface area contributed by atoms with Gasteiger partial charge in [-0.25, -0.2) is 9.97 Å². The lowest BCUT2D eigenvalue weighted by Gasteiger charge is -2.22. The lowest BCUT2D eigenvalue weighted by molar-refractivity contribution is -0.0338. The molecule has 0 saturated heterocycles. The Morgan fingerprint density at radius 2 is 1.49 bits per heavy atom. The van der Waals surface area contributed by atoms with Crippen molar-refractivity contribution in [2.75, 3.05) is 24.7 Å². The fourth-order valence-corrected chi connectivity index (χ4v) is 5.88. The van der Waals surface area contributed by atoms with Crippen molar-refractivity contribution in [3.05, 3.63) is 33.5 Å². The molecule has 0 spiro atoms. The maximum atomic E-state index is 5.98. The molecule has 0 aromatic carbocycles. The van der Waals surface area contributed by atoms with E-state index in [1.807, 2.05) is 65.9 Å². The molecule has 0 bridgehead atoms. The van der Waals surface area contributed by atoms with Crippen LogP contribution in [0, 0.1) is 0 Å². The molecule has 35 heavy (non-hydrogen) atoms. The number of aromatic amines is 1. The molecule has 6 rings (SSSR count). The Balaban J connectivity index is 0.000000145. The average molecular weight is 515 g/mol. The van der Waals surface area contributed by atoms with Gasteiger partial charge in [0.1, 0.15) is 16.9 Å². The number of hydrogen-bond acceptors (Lipinski definition) is 10. The number of anilines is 2. The van der Waals surface area contributed by atoms with Gasteiger partial charge in [-0.1, -0.05) is 22.7 Å². The monoisotopic (exact) mass is 514 g/mol. The normalized spacial score (nSPS) is 17.0. The third-order valence-electron chi connectivity index (χ3n) is 6.10. The van der Waals surface area contributed by atoms with E-state index in [0.29, 0.717) is 13.2 Å². The molecular formula is C23H30N8O2S2. The van der Waals surface area contributed by atoms with E-state index in [0.717, 1.165) is 53.9 Å². The zero-order chi connectivity index (χ0) is 25.0. The van der Waals surface area contributed by atoms with Gasteiger partial charge in [0.25, 0.3) is 0 Å². The van der Waals surface area contributed by atoms with Crippen molar-refractivity contribution in [2.24, 2.45) is 7.05 Å². The highest BCUT2D eigenvalue weighted by atomic mass is 32.1. The second-order valence-corrected chi connectivity index (χ2v) is 11.6. The van der Waals surface area contributed by atoms with E-state index in [1.54, 1.807) is 22.7 Å². The smallest absolute Gasteiger partial charge is 0.183 e. The van der Waals surface area contributed by atoms with Gasteiger partial charge in [0, 0.05) is 38.5 Å². The highest BCUT2D eigenvalue weighted by molar-refractivity contribution is 7.16. The van der Waals surface area contributed by atoms with E-state index in [9.17, 15) is 0 Å². The minimum atomic E-state index is -0.378. The number of aromatic nitrogens is 6. The Bertz CT molecular complexity index is 1360. The maximum Gasteiger partial charge on any atom is 0.183 e. The molecule has 3 N–H and O–H groups in total. The van der Waals surface area contributed by atoms with Crippen LogP contribution in [0.1, 0.15) is 48.8 Å². The molecule has 0 fully saturated rings. The third kappa shape index (κ3) is 4.24. The van der Waals surface area contributed by atoms with E-state index >= 15 is 0 Å². The van der Waals surface area contributed by atoms with Crippen LogP contribution in [0.2, 0.25) is 0 Å². The first-order valence-electron chi connectivity index (χ1n) is 11.3. The van der Waals surface area contributed by atoms with Gasteiger partial charge in [-0.3, -0.25) is 9.78 Å². The fourth-order valence-electron chi connectivity index (χ4n) is 4.20. The molecule has 12 heteroatoms.